The molecule has 1 N–H and O–H groups in total. The zero-order valence-electron chi connectivity index (χ0n) is 14.7. The molecule has 3 amide bonds. The standard InChI is InChI=1S/C20H22BrN3O2/c1-23(14-16-7-2-3-10-18(16)21)20(26)22-17-9-6-8-15(13-17)19(25)24-11-4-5-12-24/h2-3,6-10,13H,4-5,11-12,14H2,1H3,(H,22,26). The molecule has 1 saturated heterocycles. The number of hydrogen-bond donors (Lipinski definition) is 1. The van der Waals surface area contributed by atoms with Crippen molar-refractivity contribution >= 4 is 33.6 Å². The highest BCUT2D eigenvalue weighted by atomic mass is 79.9. The van der Waals surface area contributed by atoms with E-state index in [1.807, 2.05) is 29.2 Å². The van der Waals surface area contributed by atoms with E-state index in [9.17, 15) is 9.59 Å². The summed E-state index contributed by atoms with van der Waals surface area (Å²) in [6, 6.07) is 14.7. The number of urea groups is 1. The maximum Gasteiger partial charge on any atom is 0.321 e. The van der Waals surface area contributed by atoms with Crippen molar-refractivity contribution in [2.45, 2.75) is 19.4 Å². The zero-order valence-corrected chi connectivity index (χ0v) is 16.3. The molecule has 0 spiro atoms. The van der Waals surface area contributed by atoms with Gasteiger partial charge in [-0.2, -0.15) is 0 Å². The number of rotatable bonds is 4. The summed E-state index contributed by atoms with van der Waals surface area (Å²) in [5.41, 5.74) is 2.26. The van der Waals surface area contributed by atoms with Crippen LogP contribution >= 0.6 is 15.9 Å². The third kappa shape index (κ3) is 4.43. The molecule has 0 atom stereocenters. The van der Waals surface area contributed by atoms with Gasteiger partial charge in [-0.15, -0.1) is 0 Å². The molecular formula is C20H22BrN3O2. The van der Waals surface area contributed by atoms with E-state index in [1.54, 1.807) is 36.2 Å². The van der Waals surface area contributed by atoms with Gasteiger partial charge in [0, 0.05) is 42.4 Å². The first-order chi connectivity index (χ1) is 12.5. The lowest BCUT2D eigenvalue weighted by Crippen LogP contribution is -2.31. The van der Waals surface area contributed by atoms with Crippen molar-refractivity contribution in [3.8, 4) is 0 Å². The van der Waals surface area contributed by atoms with Crippen LogP contribution in [0.15, 0.2) is 53.0 Å². The summed E-state index contributed by atoms with van der Waals surface area (Å²) in [6.45, 7) is 2.11. The summed E-state index contributed by atoms with van der Waals surface area (Å²) in [5, 5.41) is 2.87. The molecule has 6 heteroatoms. The highest BCUT2D eigenvalue weighted by Crippen LogP contribution is 2.19. The number of carbonyl (C=O) groups excluding carboxylic acids is 2. The van der Waals surface area contributed by atoms with E-state index in [0.29, 0.717) is 17.8 Å². The lowest BCUT2D eigenvalue weighted by Gasteiger charge is -2.19. The Bertz CT molecular complexity index is 803. The van der Waals surface area contributed by atoms with E-state index in [0.717, 1.165) is 36.0 Å². The largest absolute Gasteiger partial charge is 0.339 e. The molecule has 0 saturated carbocycles. The first-order valence-electron chi connectivity index (χ1n) is 8.69. The maximum atomic E-state index is 12.5. The van der Waals surface area contributed by atoms with Gasteiger partial charge in [0.05, 0.1) is 0 Å². The summed E-state index contributed by atoms with van der Waals surface area (Å²) in [4.78, 5) is 28.4. The van der Waals surface area contributed by atoms with Gasteiger partial charge in [0.2, 0.25) is 0 Å². The van der Waals surface area contributed by atoms with Crippen LogP contribution in [0.2, 0.25) is 0 Å². The Morgan fingerprint density at radius 1 is 1.12 bits per heavy atom. The Hall–Kier alpha value is -2.34. The monoisotopic (exact) mass is 415 g/mol. The van der Waals surface area contributed by atoms with Crippen molar-refractivity contribution in [2.75, 3.05) is 25.5 Å². The number of carbonyl (C=O) groups is 2. The average Bonchev–Trinajstić information content (AvgIpc) is 3.18. The third-order valence-electron chi connectivity index (χ3n) is 4.47. The quantitative estimate of drug-likeness (QED) is 0.806. The molecule has 1 fully saturated rings. The predicted molar refractivity (Wildman–Crippen MR) is 106 cm³/mol. The number of hydrogen-bond acceptors (Lipinski definition) is 2. The van der Waals surface area contributed by atoms with Crippen molar-refractivity contribution in [3.63, 3.8) is 0 Å². The number of likely N-dealkylation sites (tertiary alicyclic amines) is 1. The van der Waals surface area contributed by atoms with Crippen LogP contribution < -0.4 is 5.32 Å². The van der Waals surface area contributed by atoms with Gasteiger partial charge >= 0.3 is 6.03 Å². The number of nitrogens with zero attached hydrogens (tertiary/aromatic N) is 2. The van der Waals surface area contributed by atoms with Crippen molar-refractivity contribution in [2.24, 2.45) is 0 Å². The van der Waals surface area contributed by atoms with E-state index in [4.69, 9.17) is 0 Å². The van der Waals surface area contributed by atoms with Gasteiger partial charge in [-0.25, -0.2) is 4.79 Å². The van der Waals surface area contributed by atoms with Crippen molar-refractivity contribution in [1.82, 2.24) is 9.80 Å². The fourth-order valence-electron chi connectivity index (χ4n) is 3.01. The molecule has 0 aliphatic carbocycles. The Balaban J connectivity index is 1.64. The molecule has 0 bridgehead atoms. The molecule has 1 aliphatic heterocycles. The minimum Gasteiger partial charge on any atom is -0.339 e. The normalized spacial score (nSPS) is 13.5. The van der Waals surface area contributed by atoms with Crippen molar-refractivity contribution in [1.29, 1.82) is 0 Å². The van der Waals surface area contributed by atoms with E-state index >= 15 is 0 Å². The van der Waals surface area contributed by atoms with Gasteiger partial charge in [-0.1, -0.05) is 40.2 Å². The lowest BCUT2D eigenvalue weighted by atomic mass is 10.1. The summed E-state index contributed by atoms with van der Waals surface area (Å²) >= 11 is 3.50. The topological polar surface area (TPSA) is 52.7 Å². The second kappa shape index (κ2) is 8.36. The van der Waals surface area contributed by atoms with Gasteiger partial charge in [0.1, 0.15) is 0 Å². The highest BCUT2D eigenvalue weighted by Gasteiger charge is 2.20. The van der Waals surface area contributed by atoms with Crippen LogP contribution in [0.1, 0.15) is 28.8 Å². The molecular weight excluding hydrogens is 394 g/mol. The second-order valence-electron chi connectivity index (χ2n) is 6.46. The van der Waals surface area contributed by atoms with Crippen LogP contribution in [0, 0.1) is 0 Å². The van der Waals surface area contributed by atoms with E-state index in [-0.39, 0.29) is 11.9 Å². The summed E-state index contributed by atoms with van der Waals surface area (Å²) in [7, 11) is 1.74. The maximum absolute atomic E-state index is 12.5. The van der Waals surface area contributed by atoms with Gasteiger partial charge in [0.15, 0.2) is 0 Å². The number of anilines is 1. The van der Waals surface area contributed by atoms with Crippen molar-refractivity contribution < 1.29 is 9.59 Å². The molecule has 1 aliphatic rings. The van der Waals surface area contributed by atoms with Crippen molar-refractivity contribution in [3.05, 3.63) is 64.1 Å². The number of amides is 3. The third-order valence-corrected chi connectivity index (χ3v) is 5.24. The zero-order chi connectivity index (χ0) is 18.5. The SMILES string of the molecule is CN(Cc1ccccc1Br)C(=O)Nc1cccc(C(=O)N2CCCC2)c1. The minimum atomic E-state index is -0.216. The van der Waals surface area contributed by atoms with Gasteiger partial charge < -0.3 is 15.1 Å². The van der Waals surface area contributed by atoms with Gasteiger partial charge in [-0.05, 0) is 42.7 Å². The molecule has 1 heterocycles. The van der Waals surface area contributed by atoms with Crippen LogP contribution in [-0.2, 0) is 6.54 Å². The van der Waals surface area contributed by atoms with Crippen LogP contribution in [0.3, 0.4) is 0 Å². The molecule has 0 radical (unpaired) electrons. The fraction of sp³-hybridized carbons (Fsp3) is 0.300. The second-order valence-corrected chi connectivity index (χ2v) is 7.31. The Kier molecular flexibility index (Phi) is 5.93. The smallest absolute Gasteiger partial charge is 0.321 e. The molecule has 3 rings (SSSR count). The number of nitrogens with one attached hydrogen (secondary N) is 1. The Labute approximate surface area is 162 Å². The van der Waals surface area contributed by atoms with Crippen LogP contribution in [0.25, 0.3) is 0 Å². The summed E-state index contributed by atoms with van der Waals surface area (Å²) < 4.78 is 0.970. The minimum absolute atomic E-state index is 0.0279. The molecule has 136 valence electrons. The van der Waals surface area contributed by atoms with E-state index in [1.165, 1.54) is 0 Å². The van der Waals surface area contributed by atoms with Gasteiger partial charge in [-0.3, -0.25) is 4.79 Å². The van der Waals surface area contributed by atoms with Crippen LogP contribution in [0.4, 0.5) is 10.5 Å². The van der Waals surface area contributed by atoms with Crippen LogP contribution in [0.5, 0.6) is 0 Å². The molecule has 0 unspecified atom stereocenters. The van der Waals surface area contributed by atoms with E-state index in [2.05, 4.69) is 21.2 Å². The van der Waals surface area contributed by atoms with Gasteiger partial charge in [0.25, 0.3) is 5.91 Å². The molecule has 2 aromatic rings. The molecule has 0 aromatic heterocycles. The first kappa shape index (κ1) is 18.5. The molecule has 5 nitrogen and oxygen atoms in total. The Morgan fingerprint density at radius 2 is 1.85 bits per heavy atom. The summed E-state index contributed by atoms with van der Waals surface area (Å²) in [5.74, 6) is 0.0279. The predicted octanol–water partition coefficient (Wildman–Crippen LogP) is 4.35. The fourth-order valence-corrected chi connectivity index (χ4v) is 3.42. The summed E-state index contributed by atoms with van der Waals surface area (Å²) in [6.07, 6.45) is 2.12. The number of halogens is 1. The van der Waals surface area contributed by atoms with Crippen LogP contribution in [-0.4, -0.2) is 41.9 Å². The Morgan fingerprint density at radius 3 is 2.58 bits per heavy atom. The lowest BCUT2D eigenvalue weighted by molar-refractivity contribution is 0.0793. The molecule has 26 heavy (non-hydrogen) atoms. The molecule has 2 aromatic carbocycles. The average molecular weight is 416 g/mol. The highest BCUT2D eigenvalue weighted by molar-refractivity contribution is 9.10. The van der Waals surface area contributed by atoms with E-state index < -0.39 is 0 Å². The number of benzene rings is 2. The first-order valence-corrected chi connectivity index (χ1v) is 9.49.